The molecule has 1 aliphatic heterocycles. The van der Waals surface area contributed by atoms with Gasteiger partial charge < -0.3 is 9.64 Å². The number of rotatable bonds is 2. The molecule has 0 saturated carbocycles. The maximum absolute atomic E-state index is 12.4. The molecule has 1 aromatic rings. The highest BCUT2D eigenvalue weighted by Crippen LogP contribution is 2.30. The van der Waals surface area contributed by atoms with Gasteiger partial charge in [-0.25, -0.2) is 0 Å². The normalized spacial score (nSPS) is 19.4. The van der Waals surface area contributed by atoms with Gasteiger partial charge in [0.05, 0.1) is 18.5 Å². The summed E-state index contributed by atoms with van der Waals surface area (Å²) in [5, 5.41) is 4.31. The molecular weight excluding hydrogens is 242 g/mol. The number of methoxy groups -OCH3 is 1. The van der Waals surface area contributed by atoms with Gasteiger partial charge in [-0.3, -0.25) is 9.48 Å². The second-order valence-corrected chi connectivity index (χ2v) is 6.27. The molecule has 1 unspecified atom stereocenters. The van der Waals surface area contributed by atoms with Crippen LogP contribution in [0.15, 0.2) is 6.20 Å². The van der Waals surface area contributed by atoms with Gasteiger partial charge in [0.15, 0.2) is 0 Å². The first-order valence-corrected chi connectivity index (χ1v) is 6.63. The third-order valence-electron chi connectivity index (χ3n) is 3.55. The number of carbonyl (C=O) groups is 1. The van der Waals surface area contributed by atoms with Gasteiger partial charge in [-0.1, -0.05) is 20.8 Å². The van der Waals surface area contributed by atoms with Crippen LogP contribution in [-0.2, 0) is 23.1 Å². The summed E-state index contributed by atoms with van der Waals surface area (Å²) >= 11 is 0. The maximum Gasteiger partial charge on any atom is 0.228 e. The number of carbonyl (C=O) groups excluding carboxylic acids is 1. The Hall–Kier alpha value is -1.36. The maximum atomic E-state index is 12.4. The average molecular weight is 265 g/mol. The monoisotopic (exact) mass is 265 g/mol. The van der Waals surface area contributed by atoms with E-state index in [0.717, 1.165) is 5.56 Å². The van der Waals surface area contributed by atoms with E-state index < -0.39 is 0 Å². The lowest BCUT2D eigenvalue weighted by Gasteiger charge is -2.36. The van der Waals surface area contributed by atoms with Gasteiger partial charge in [-0.05, 0) is 0 Å². The fourth-order valence-electron chi connectivity index (χ4n) is 2.73. The summed E-state index contributed by atoms with van der Waals surface area (Å²) in [5.74, 6) is 0.385. The van der Waals surface area contributed by atoms with E-state index in [1.807, 2.05) is 43.6 Å². The minimum absolute atomic E-state index is 0.183. The molecule has 0 aliphatic carbocycles. The molecule has 1 aromatic heterocycles. The topological polar surface area (TPSA) is 47.4 Å². The first-order chi connectivity index (χ1) is 8.84. The molecule has 1 atom stereocenters. The van der Waals surface area contributed by atoms with Gasteiger partial charge in [0.25, 0.3) is 0 Å². The van der Waals surface area contributed by atoms with Crippen LogP contribution in [0.25, 0.3) is 0 Å². The zero-order chi connectivity index (χ0) is 14.2. The van der Waals surface area contributed by atoms with Gasteiger partial charge >= 0.3 is 0 Å². The van der Waals surface area contributed by atoms with Crippen molar-refractivity contribution in [2.75, 3.05) is 20.3 Å². The first-order valence-electron chi connectivity index (χ1n) is 6.63. The number of ether oxygens (including phenoxy) is 1. The van der Waals surface area contributed by atoms with Crippen molar-refractivity contribution in [3.63, 3.8) is 0 Å². The summed E-state index contributed by atoms with van der Waals surface area (Å²) in [6.45, 7) is 7.84. The lowest BCUT2D eigenvalue weighted by molar-refractivity contribution is -0.141. The molecule has 19 heavy (non-hydrogen) atoms. The number of amides is 1. The summed E-state index contributed by atoms with van der Waals surface area (Å²) in [6.07, 6.45) is 1.86. The van der Waals surface area contributed by atoms with Crippen LogP contribution in [0.5, 0.6) is 0 Å². The van der Waals surface area contributed by atoms with Crippen molar-refractivity contribution in [2.45, 2.75) is 33.2 Å². The highest BCUT2D eigenvalue weighted by Gasteiger charge is 2.35. The van der Waals surface area contributed by atoms with E-state index in [4.69, 9.17) is 4.74 Å². The van der Waals surface area contributed by atoms with Gasteiger partial charge in [0, 0.05) is 44.1 Å². The molecule has 2 rings (SSSR count). The number of aromatic nitrogens is 2. The number of nitrogens with zero attached hydrogens (tertiary/aromatic N) is 3. The third kappa shape index (κ3) is 2.66. The van der Waals surface area contributed by atoms with Crippen molar-refractivity contribution in [3.8, 4) is 0 Å². The van der Waals surface area contributed by atoms with Gasteiger partial charge in [-0.2, -0.15) is 5.10 Å². The quantitative estimate of drug-likeness (QED) is 0.815. The third-order valence-corrected chi connectivity index (χ3v) is 3.55. The molecule has 5 heteroatoms. The highest BCUT2D eigenvalue weighted by atomic mass is 16.5. The van der Waals surface area contributed by atoms with Crippen LogP contribution < -0.4 is 0 Å². The lowest BCUT2D eigenvalue weighted by atomic mass is 9.91. The number of aryl methyl sites for hydroxylation is 1. The molecule has 5 nitrogen and oxygen atoms in total. The molecule has 0 N–H and O–H groups in total. The van der Waals surface area contributed by atoms with Crippen LogP contribution in [-0.4, -0.2) is 40.8 Å². The molecule has 0 bridgehead atoms. The first kappa shape index (κ1) is 14.1. The second kappa shape index (κ2) is 4.96. The summed E-state index contributed by atoms with van der Waals surface area (Å²) in [6, 6.07) is 0. The zero-order valence-corrected chi connectivity index (χ0v) is 12.4. The molecule has 1 aliphatic rings. The molecule has 0 aromatic carbocycles. The number of hydrogen-bond donors (Lipinski definition) is 0. The van der Waals surface area contributed by atoms with Gasteiger partial charge in [-0.15, -0.1) is 0 Å². The minimum atomic E-state index is -0.350. The van der Waals surface area contributed by atoms with Crippen molar-refractivity contribution in [1.29, 1.82) is 0 Å². The highest BCUT2D eigenvalue weighted by molar-refractivity contribution is 5.81. The van der Waals surface area contributed by atoms with Gasteiger partial charge in [0.2, 0.25) is 5.91 Å². The Kier molecular flexibility index (Phi) is 3.67. The minimum Gasteiger partial charge on any atom is -0.384 e. The SMILES string of the molecule is COCC1CN(C(=O)C(C)(C)C)Cc2cnn(C)c21. The summed E-state index contributed by atoms with van der Waals surface area (Å²) in [5.41, 5.74) is 1.98. The molecule has 0 radical (unpaired) electrons. The summed E-state index contributed by atoms with van der Waals surface area (Å²) in [7, 11) is 3.64. The van der Waals surface area contributed by atoms with E-state index in [9.17, 15) is 4.79 Å². The largest absolute Gasteiger partial charge is 0.384 e. The van der Waals surface area contributed by atoms with Crippen molar-refractivity contribution in [2.24, 2.45) is 12.5 Å². The Morgan fingerprint density at radius 1 is 1.53 bits per heavy atom. The summed E-state index contributed by atoms with van der Waals surface area (Å²) < 4.78 is 7.20. The smallest absolute Gasteiger partial charge is 0.228 e. The van der Waals surface area contributed by atoms with Crippen molar-refractivity contribution < 1.29 is 9.53 Å². The second-order valence-electron chi connectivity index (χ2n) is 6.27. The van der Waals surface area contributed by atoms with E-state index in [1.165, 1.54) is 5.69 Å². The van der Waals surface area contributed by atoms with E-state index in [1.54, 1.807) is 7.11 Å². The summed E-state index contributed by atoms with van der Waals surface area (Å²) in [4.78, 5) is 14.4. The molecular formula is C14H23N3O2. The van der Waals surface area contributed by atoms with Crippen LogP contribution in [0.1, 0.15) is 37.9 Å². The lowest BCUT2D eigenvalue weighted by Crippen LogP contribution is -2.44. The zero-order valence-electron chi connectivity index (χ0n) is 12.4. The van der Waals surface area contributed by atoms with Gasteiger partial charge in [0.1, 0.15) is 0 Å². The Morgan fingerprint density at radius 3 is 2.79 bits per heavy atom. The predicted molar refractivity (Wildman–Crippen MR) is 72.7 cm³/mol. The van der Waals surface area contributed by atoms with Crippen molar-refractivity contribution in [3.05, 3.63) is 17.5 Å². The van der Waals surface area contributed by atoms with E-state index in [0.29, 0.717) is 19.7 Å². The Labute approximate surface area is 114 Å². The number of fused-ring (bicyclic) bond motifs is 1. The molecule has 106 valence electrons. The molecule has 0 saturated heterocycles. The van der Waals surface area contributed by atoms with Crippen LogP contribution >= 0.6 is 0 Å². The molecule has 0 spiro atoms. The predicted octanol–water partition coefficient (Wildman–Crippen LogP) is 1.54. The fourth-order valence-corrected chi connectivity index (χ4v) is 2.73. The van der Waals surface area contributed by atoms with Crippen molar-refractivity contribution >= 4 is 5.91 Å². The molecule has 1 amide bonds. The van der Waals surface area contributed by atoms with E-state index in [-0.39, 0.29) is 17.2 Å². The van der Waals surface area contributed by atoms with E-state index >= 15 is 0 Å². The van der Waals surface area contributed by atoms with Crippen LogP contribution in [0.4, 0.5) is 0 Å². The molecule has 2 heterocycles. The Balaban J connectivity index is 2.28. The Morgan fingerprint density at radius 2 is 2.21 bits per heavy atom. The van der Waals surface area contributed by atoms with Crippen LogP contribution in [0.2, 0.25) is 0 Å². The van der Waals surface area contributed by atoms with Crippen LogP contribution in [0, 0.1) is 5.41 Å². The Bertz CT molecular complexity index is 474. The fraction of sp³-hybridized carbons (Fsp3) is 0.714. The number of hydrogen-bond acceptors (Lipinski definition) is 3. The average Bonchev–Trinajstić information content (AvgIpc) is 2.69. The molecule has 0 fully saturated rings. The van der Waals surface area contributed by atoms with Crippen LogP contribution in [0.3, 0.4) is 0 Å². The van der Waals surface area contributed by atoms with E-state index in [2.05, 4.69) is 5.10 Å². The van der Waals surface area contributed by atoms with Crippen molar-refractivity contribution in [1.82, 2.24) is 14.7 Å². The standard InChI is InChI=1S/C14H23N3O2/c1-14(2,3)13(18)17-7-10-6-15-16(4)12(10)11(8-17)9-19-5/h6,11H,7-9H2,1-5H3.